The second-order valence-electron chi connectivity index (χ2n) is 5.35. The first-order valence-corrected chi connectivity index (χ1v) is 6.85. The van der Waals surface area contributed by atoms with Crippen LogP contribution in [-0.2, 0) is 9.47 Å². The Labute approximate surface area is 98.0 Å². The van der Waals surface area contributed by atoms with Gasteiger partial charge in [-0.1, -0.05) is 6.08 Å². The molecule has 0 bridgehead atoms. The molecule has 0 aromatic rings. The highest BCUT2D eigenvalue weighted by Gasteiger charge is 2.52. The molecule has 1 saturated heterocycles. The third kappa shape index (κ3) is 1.63. The van der Waals surface area contributed by atoms with Crippen LogP contribution in [0.5, 0.6) is 0 Å². The molecule has 1 heterocycles. The minimum absolute atomic E-state index is 0.206. The van der Waals surface area contributed by atoms with Crippen LogP contribution in [0.4, 0.5) is 0 Å². The van der Waals surface area contributed by atoms with Crippen LogP contribution in [-0.4, -0.2) is 18.5 Å². The van der Waals surface area contributed by atoms with Crippen molar-refractivity contribution in [3.63, 3.8) is 0 Å². The van der Waals surface area contributed by atoms with Gasteiger partial charge in [0.15, 0.2) is 5.79 Å². The molecule has 0 radical (unpaired) electrons. The van der Waals surface area contributed by atoms with E-state index >= 15 is 0 Å². The van der Waals surface area contributed by atoms with Gasteiger partial charge >= 0.3 is 0 Å². The lowest BCUT2D eigenvalue weighted by Gasteiger charge is -2.29. The van der Waals surface area contributed by atoms with Crippen molar-refractivity contribution < 1.29 is 9.47 Å². The largest absolute Gasteiger partial charge is 0.350 e. The van der Waals surface area contributed by atoms with Crippen LogP contribution < -0.4 is 0 Å². The summed E-state index contributed by atoms with van der Waals surface area (Å²) in [6, 6.07) is 0. The number of hydrogen-bond acceptors (Lipinski definition) is 2. The van der Waals surface area contributed by atoms with Crippen LogP contribution in [0.2, 0.25) is 0 Å². The van der Waals surface area contributed by atoms with Crippen LogP contribution in [0.25, 0.3) is 0 Å². The summed E-state index contributed by atoms with van der Waals surface area (Å²) in [5.41, 5.74) is 1.55. The highest BCUT2D eigenvalue weighted by Crippen LogP contribution is 2.50. The molecule has 1 aliphatic heterocycles. The first-order valence-electron chi connectivity index (χ1n) is 6.85. The fourth-order valence-electron chi connectivity index (χ4n) is 3.70. The van der Waals surface area contributed by atoms with Gasteiger partial charge in [0.2, 0.25) is 0 Å². The maximum absolute atomic E-state index is 6.31. The number of ether oxygens (including phenoxy) is 2. The summed E-state index contributed by atoms with van der Waals surface area (Å²) in [7, 11) is 0. The van der Waals surface area contributed by atoms with Gasteiger partial charge in [0.1, 0.15) is 0 Å². The van der Waals surface area contributed by atoms with Crippen LogP contribution >= 0.6 is 0 Å². The fraction of sp³-hybridized carbons (Fsp3) is 0.857. The molecule has 3 rings (SSSR count). The van der Waals surface area contributed by atoms with Crippen LogP contribution in [0.3, 0.4) is 0 Å². The number of allylic oxidation sites excluding steroid dienone is 1. The molecule has 2 fully saturated rings. The molecule has 90 valence electrons. The first-order chi connectivity index (χ1) is 7.84. The van der Waals surface area contributed by atoms with E-state index in [2.05, 4.69) is 13.0 Å². The van der Waals surface area contributed by atoms with Crippen LogP contribution in [0.15, 0.2) is 11.6 Å². The highest BCUT2D eigenvalue weighted by atomic mass is 16.7. The standard InChI is InChI=1S/C14H22O2/c1-2-15-14-9-5-8-12(14)10-13(16-14)11-6-3-4-7-11/h6,12-13H,2-5,7-10H2,1H3. The van der Waals surface area contributed by atoms with Crippen molar-refractivity contribution in [3.05, 3.63) is 11.6 Å². The van der Waals surface area contributed by atoms with E-state index in [1.165, 1.54) is 38.5 Å². The molecule has 0 aromatic heterocycles. The van der Waals surface area contributed by atoms with Crippen LogP contribution in [0, 0.1) is 5.92 Å². The molecule has 3 unspecified atom stereocenters. The van der Waals surface area contributed by atoms with Gasteiger partial charge in [0.25, 0.3) is 0 Å². The lowest BCUT2D eigenvalue weighted by molar-refractivity contribution is -0.229. The van der Waals surface area contributed by atoms with Gasteiger partial charge in [-0.15, -0.1) is 0 Å². The molecule has 2 aliphatic carbocycles. The molecular weight excluding hydrogens is 200 g/mol. The van der Waals surface area contributed by atoms with E-state index in [4.69, 9.17) is 9.47 Å². The van der Waals surface area contributed by atoms with E-state index in [-0.39, 0.29) is 5.79 Å². The quantitative estimate of drug-likeness (QED) is 0.681. The summed E-state index contributed by atoms with van der Waals surface area (Å²) in [5.74, 6) is 0.446. The Morgan fingerprint density at radius 3 is 3.19 bits per heavy atom. The summed E-state index contributed by atoms with van der Waals surface area (Å²) in [6.45, 7) is 2.86. The highest BCUT2D eigenvalue weighted by molar-refractivity contribution is 5.16. The molecule has 0 aromatic carbocycles. The van der Waals surface area contributed by atoms with E-state index < -0.39 is 0 Å². The van der Waals surface area contributed by atoms with E-state index in [9.17, 15) is 0 Å². The minimum Gasteiger partial charge on any atom is -0.350 e. The minimum atomic E-state index is -0.206. The van der Waals surface area contributed by atoms with Gasteiger partial charge in [-0.3, -0.25) is 0 Å². The predicted octanol–water partition coefficient (Wildman–Crippen LogP) is 3.42. The van der Waals surface area contributed by atoms with Crippen molar-refractivity contribution in [2.45, 2.75) is 63.8 Å². The van der Waals surface area contributed by atoms with E-state index in [1.54, 1.807) is 5.57 Å². The zero-order valence-corrected chi connectivity index (χ0v) is 10.2. The molecule has 1 saturated carbocycles. The van der Waals surface area contributed by atoms with Gasteiger partial charge in [-0.05, 0) is 51.0 Å². The smallest absolute Gasteiger partial charge is 0.171 e. The summed E-state index contributed by atoms with van der Waals surface area (Å²) in [4.78, 5) is 0. The van der Waals surface area contributed by atoms with Gasteiger partial charge in [0.05, 0.1) is 6.10 Å². The summed E-state index contributed by atoms with van der Waals surface area (Å²) >= 11 is 0. The predicted molar refractivity (Wildman–Crippen MR) is 63.1 cm³/mol. The molecule has 0 N–H and O–H groups in total. The van der Waals surface area contributed by atoms with Crippen molar-refractivity contribution in [3.8, 4) is 0 Å². The fourth-order valence-corrected chi connectivity index (χ4v) is 3.70. The zero-order chi connectivity index (χ0) is 11.0. The van der Waals surface area contributed by atoms with Crippen molar-refractivity contribution in [2.24, 2.45) is 5.92 Å². The summed E-state index contributed by atoms with van der Waals surface area (Å²) < 4.78 is 12.3. The maximum Gasteiger partial charge on any atom is 0.171 e. The number of rotatable bonds is 3. The Balaban J connectivity index is 1.74. The topological polar surface area (TPSA) is 18.5 Å². The lowest BCUT2D eigenvalue weighted by atomic mass is 9.96. The summed E-state index contributed by atoms with van der Waals surface area (Å²) in [6.07, 6.45) is 11.5. The lowest BCUT2D eigenvalue weighted by Crippen LogP contribution is -2.35. The number of fused-ring (bicyclic) bond motifs is 1. The van der Waals surface area contributed by atoms with Crippen molar-refractivity contribution >= 4 is 0 Å². The number of hydrogen-bond donors (Lipinski definition) is 0. The molecular formula is C14H22O2. The van der Waals surface area contributed by atoms with Crippen molar-refractivity contribution in [1.82, 2.24) is 0 Å². The average molecular weight is 222 g/mol. The zero-order valence-electron chi connectivity index (χ0n) is 10.2. The molecule has 16 heavy (non-hydrogen) atoms. The van der Waals surface area contributed by atoms with Crippen molar-refractivity contribution in [1.29, 1.82) is 0 Å². The first kappa shape index (κ1) is 10.8. The second kappa shape index (κ2) is 4.15. The Hall–Kier alpha value is -0.340. The van der Waals surface area contributed by atoms with E-state index in [0.29, 0.717) is 12.0 Å². The monoisotopic (exact) mass is 222 g/mol. The molecule has 0 spiro atoms. The molecule has 0 amide bonds. The Kier molecular flexibility index (Phi) is 2.80. The third-order valence-electron chi connectivity index (χ3n) is 4.42. The van der Waals surface area contributed by atoms with Crippen molar-refractivity contribution in [2.75, 3.05) is 6.61 Å². The Bertz CT molecular complexity index is 297. The molecule has 2 heteroatoms. The third-order valence-corrected chi connectivity index (χ3v) is 4.42. The molecule has 3 atom stereocenters. The Morgan fingerprint density at radius 2 is 2.44 bits per heavy atom. The molecule has 2 nitrogen and oxygen atoms in total. The molecule has 3 aliphatic rings. The van der Waals surface area contributed by atoms with Crippen LogP contribution in [0.1, 0.15) is 51.9 Å². The Morgan fingerprint density at radius 1 is 1.50 bits per heavy atom. The van der Waals surface area contributed by atoms with Gasteiger partial charge in [-0.2, -0.15) is 0 Å². The SMILES string of the molecule is CCOC12CCCC1CC(C1=CCCC1)O2. The van der Waals surface area contributed by atoms with E-state index in [1.807, 2.05) is 0 Å². The average Bonchev–Trinajstić information content (AvgIpc) is 2.88. The van der Waals surface area contributed by atoms with E-state index in [0.717, 1.165) is 13.0 Å². The van der Waals surface area contributed by atoms with Gasteiger partial charge < -0.3 is 9.47 Å². The summed E-state index contributed by atoms with van der Waals surface area (Å²) in [5, 5.41) is 0. The van der Waals surface area contributed by atoms with Gasteiger partial charge in [-0.25, -0.2) is 0 Å². The maximum atomic E-state index is 6.31. The van der Waals surface area contributed by atoms with Gasteiger partial charge in [0, 0.05) is 18.9 Å². The second-order valence-corrected chi connectivity index (χ2v) is 5.35. The normalized spacial score (nSPS) is 42.4.